The van der Waals surface area contributed by atoms with Gasteiger partial charge in [0.1, 0.15) is 5.82 Å². The van der Waals surface area contributed by atoms with Gasteiger partial charge in [0.2, 0.25) is 5.91 Å². The molecule has 0 aliphatic heterocycles. The van der Waals surface area contributed by atoms with Gasteiger partial charge in [-0.25, -0.2) is 23.7 Å². The average Bonchev–Trinajstić information content (AvgIpc) is 2.48. The Morgan fingerprint density at radius 3 is 2.30 bits per heavy atom. The quantitative estimate of drug-likeness (QED) is 0.183. The summed E-state index contributed by atoms with van der Waals surface area (Å²) in [5, 5.41) is 2.15. The van der Waals surface area contributed by atoms with Crippen molar-refractivity contribution in [3.8, 4) is 0 Å². The third kappa shape index (κ3) is 4.24. The molecule has 1 saturated carbocycles. The predicted octanol–water partition coefficient (Wildman–Crippen LogP) is -1.11. The second-order valence-electron chi connectivity index (χ2n) is 5.45. The zero-order chi connectivity index (χ0) is 17.0. The number of nitrogens with one attached hydrogen (secondary N) is 3. The van der Waals surface area contributed by atoms with E-state index in [1.807, 2.05) is 0 Å². The Hall–Kier alpha value is -1.59. The molecule has 1 aromatic carbocycles. The second-order valence-corrected chi connectivity index (χ2v) is 7.67. The van der Waals surface area contributed by atoms with Gasteiger partial charge in [0.25, 0.3) is 0 Å². The lowest BCUT2D eigenvalue weighted by Gasteiger charge is -2.35. The highest BCUT2D eigenvalue weighted by Gasteiger charge is 2.40. The number of amides is 1. The molecule has 1 aliphatic rings. The number of hydrogen-bond donors (Lipinski definition) is 5. The zero-order valence-corrected chi connectivity index (χ0v) is 13.1. The van der Waals surface area contributed by atoms with E-state index in [-0.39, 0.29) is 23.3 Å². The maximum absolute atomic E-state index is 12.9. The molecule has 0 saturated heterocycles. The maximum atomic E-state index is 12.9. The summed E-state index contributed by atoms with van der Waals surface area (Å²) in [5.74, 6) is 9.60. The molecule has 0 unspecified atom stereocenters. The van der Waals surface area contributed by atoms with Gasteiger partial charge in [-0.15, -0.1) is 0 Å². The van der Waals surface area contributed by atoms with E-state index < -0.39 is 27.1 Å². The first kappa shape index (κ1) is 17.8. The molecule has 1 amide bonds. The van der Waals surface area contributed by atoms with Gasteiger partial charge in [0.15, 0.2) is 9.84 Å². The predicted molar refractivity (Wildman–Crippen MR) is 81.6 cm³/mol. The number of sulfone groups is 1. The molecule has 0 atom stereocenters. The van der Waals surface area contributed by atoms with Crippen LogP contribution in [0.2, 0.25) is 0 Å². The van der Waals surface area contributed by atoms with E-state index in [0.717, 1.165) is 12.1 Å². The normalized spacial score (nSPS) is 21.0. The largest absolute Gasteiger partial charge is 0.353 e. The first-order valence-corrected chi connectivity index (χ1v) is 8.62. The van der Waals surface area contributed by atoms with Crippen LogP contribution in [-0.4, -0.2) is 31.8 Å². The van der Waals surface area contributed by atoms with E-state index in [1.165, 1.54) is 12.1 Å². The molecule has 0 aromatic heterocycles. The fraction of sp³-hybridized carbons (Fsp3) is 0.462. The molecule has 2 rings (SSSR count). The van der Waals surface area contributed by atoms with Crippen LogP contribution >= 0.6 is 0 Å². The van der Waals surface area contributed by atoms with Crippen LogP contribution in [0.15, 0.2) is 29.2 Å². The van der Waals surface area contributed by atoms with Crippen LogP contribution in [0, 0.1) is 5.82 Å². The number of carbonyl (C=O) groups excluding carboxylic acids is 1. The summed E-state index contributed by atoms with van der Waals surface area (Å²) < 4.78 is 37.5. The number of benzene rings is 1. The highest BCUT2D eigenvalue weighted by molar-refractivity contribution is 7.92. The van der Waals surface area contributed by atoms with E-state index in [9.17, 15) is 17.6 Å². The molecule has 10 heteroatoms. The van der Waals surface area contributed by atoms with Crippen molar-refractivity contribution in [1.82, 2.24) is 16.2 Å². The van der Waals surface area contributed by atoms with Crippen LogP contribution in [0.25, 0.3) is 0 Å². The summed E-state index contributed by atoms with van der Waals surface area (Å²) in [6.07, 6.45) is 0.109. The van der Waals surface area contributed by atoms with Crippen LogP contribution in [0.1, 0.15) is 19.3 Å². The zero-order valence-electron chi connectivity index (χ0n) is 12.3. The van der Waals surface area contributed by atoms with Crippen molar-refractivity contribution < 1.29 is 17.6 Å². The van der Waals surface area contributed by atoms with Gasteiger partial charge < -0.3 is 5.32 Å². The smallest absolute Gasteiger partial charge is 0.223 e. The molecule has 0 radical (unpaired) electrons. The number of nitrogens with two attached hydrogens (primary N) is 2. The van der Waals surface area contributed by atoms with Gasteiger partial charge in [0.05, 0.1) is 22.7 Å². The van der Waals surface area contributed by atoms with Crippen molar-refractivity contribution in [3.63, 3.8) is 0 Å². The molecular weight excluding hydrogens is 325 g/mol. The van der Waals surface area contributed by atoms with Crippen molar-refractivity contribution in [2.45, 2.75) is 41.6 Å². The third-order valence-corrected chi connectivity index (χ3v) is 6.02. The van der Waals surface area contributed by atoms with E-state index >= 15 is 0 Å². The Labute approximate surface area is 133 Å². The van der Waals surface area contributed by atoms with Gasteiger partial charge in [-0.05, 0) is 37.1 Å². The van der Waals surface area contributed by atoms with Gasteiger partial charge in [-0.1, -0.05) is 0 Å². The van der Waals surface area contributed by atoms with Gasteiger partial charge in [0, 0.05) is 6.04 Å². The maximum Gasteiger partial charge on any atom is 0.223 e. The van der Waals surface area contributed by atoms with Crippen molar-refractivity contribution in [3.05, 3.63) is 30.1 Å². The Morgan fingerprint density at radius 1 is 1.22 bits per heavy atom. The molecule has 23 heavy (non-hydrogen) atoms. The fourth-order valence-electron chi connectivity index (χ4n) is 2.39. The van der Waals surface area contributed by atoms with Crippen LogP contribution in [0.5, 0.6) is 0 Å². The van der Waals surface area contributed by atoms with Crippen molar-refractivity contribution >= 4 is 15.7 Å². The molecule has 0 spiro atoms. The Balaban J connectivity index is 1.86. The van der Waals surface area contributed by atoms with Crippen molar-refractivity contribution in [2.24, 2.45) is 11.7 Å². The highest BCUT2D eigenvalue weighted by atomic mass is 32.2. The van der Waals surface area contributed by atoms with Crippen LogP contribution in [-0.2, 0) is 14.6 Å². The number of hydrazine groups is 2. The minimum absolute atomic E-state index is 0.0267. The Morgan fingerprint density at radius 2 is 1.78 bits per heavy atom. The summed E-state index contributed by atoms with van der Waals surface area (Å²) in [5.41, 5.74) is 4.66. The molecule has 0 heterocycles. The van der Waals surface area contributed by atoms with Crippen LogP contribution in [0.3, 0.4) is 0 Å². The average molecular weight is 345 g/mol. The number of carbonyl (C=O) groups is 1. The summed E-state index contributed by atoms with van der Waals surface area (Å²) >= 11 is 0. The lowest BCUT2D eigenvalue weighted by molar-refractivity contribution is -0.123. The Kier molecular flexibility index (Phi) is 5.65. The third-order valence-electron chi connectivity index (χ3n) is 3.83. The minimum atomic E-state index is -3.50. The lowest BCUT2D eigenvalue weighted by Crippen LogP contribution is -2.54. The van der Waals surface area contributed by atoms with E-state index in [2.05, 4.69) is 16.2 Å². The fourth-order valence-corrected chi connectivity index (χ4v) is 4.26. The summed E-state index contributed by atoms with van der Waals surface area (Å²) in [6, 6.07) is 4.52. The van der Waals surface area contributed by atoms with Crippen molar-refractivity contribution in [1.29, 1.82) is 0 Å². The summed E-state index contributed by atoms with van der Waals surface area (Å²) in [6.45, 7) is 0. The Bertz CT molecular complexity index is 642. The molecule has 0 bridgehead atoms. The molecule has 128 valence electrons. The summed E-state index contributed by atoms with van der Waals surface area (Å²) in [4.78, 5) is 11.8. The van der Waals surface area contributed by atoms with E-state index in [1.54, 1.807) is 0 Å². The van der Waals surface area contributed by atoms with Crippen LogP contribution in [0.4, 0.5) is 4.39 Å². The number of hydrogen-bond acceptors (Lipinski definition) is 7. The summed E-state index contributed by atoms with van der Waals surface area (Å²) in [7, 11) is -3.50. The molecule has 1 fully saturated rings. The number of halogens is 1. The van der Waals surface area contributed by atoms with E-state index in [4.69, 9.17) is 11.7 Å². The first-order valence-electron chi connectivity index (χ1n) is 7.08. The minimum Gasteiger partial charge on any atom is -0.353 e. The molecule has 8 nitrogen and oxygen atoms in total. The van der Waals surface area contributed by atoms with Crippen molar-refractivity contribution in [2.75, 3.05) is 0 Å². The highest BCUT2D eigenvalue weighted by Crippen LogP contribution is 2.31. The topological polar surface area (TPSA) is 139 Å². The van der Waals surface area contributed by atoms with E-state index in [0.29, 0.717) is 12.8 Å². The number of rotatable bonds is 7. The standard InChI is InChI=1S/C13H20FN5O3S/c14-8-1-3-10(4-2-8)23(21,22)11-5-9(6-11)17-13(20)7-12(18-15)19-16/h1-4,9,11-12,18-19H,5-7,15-16H2,(H,17,20). The van der Waals surface area contributed by atoms with Gasteiger partial charge in [-0.3, -0.25) is 16.5 Å². The van der Waals surface area contributed by atoms with Gasteiger partial charge >= 0.3 is 0 Å². The molecular formula is C13H20FN5O3S. The van der Waals surface area contributed by atoms with Gasteiger partial charge in [-0.2, -0.15) is 0 Å². The second kappa shape index (κ2) is 7.32. The lowest BCUT2D eigenvalue weighted by atomic mass is 9.92. The molecule has 1 aliphatic carbocycles. The molecule has 1 aromatic rings. The first-order chi connectivity index (χ1) is 10.9. The SMILES string of the molecule is NNC(CC(=O)NC1CC(S(=O)(=O)c2ccc(F)cc2)C1)NN. The molecule has 7 N–H and O–H groups in total. The van der Waals surface area contributed by atoms with Crippen LogP contribution < -0.4 is 27.9 Å². The monoisotopic (exact) mass is 345 g/mol.